The number of amides is 1. The Morgan fingerprint density at radius 1 is 1.28 bits per heavy atom. The van der Waals surface area contributed by atoms with Gasteiger partial charge in [0, 0.05) is 32.1 Å². The molecule has 1 saturated heterocycles. The largest absolute Gasteiger partial charge is 0.343 e. The summed E-state index contributed by atoms with van der Waals surface area (Å²) in [5.74, 6) is 0.347. The average molecular weight is 252 g/mol. The summed E-state index contributed by atoms with van der Waals surface area (Å²) in [5, 5.41) is 3.56. The number of hydrogen-bond acceptors (Lipinski definition) is 2. The van der Waals surface area contributed by atoms with Crippen LogP contribution < -0.4 is 5.32 Å². The first-order chi connectivity index (χ1) is 8.57. The zero-order valence-electron chi connectivity index (χ0n) is 12.0. The predicted molar refractivity (Wildman–Crippen MR) is 74.5 cm³/mol. The van der Waals surface area contributed by atoms with Crippen molar-refractivity contribution >= 4 is 5.91 Å². The van der Waals surface area contributed by atoms with Crippen molar-refractivity contribution in [3.8, 4) is 0 Å². The highest BCUT2D eigenvalue weighted by Gasteiger charge is 2.30. The van der Waals surface area contributed by atoms with Crippen LogP contribution in [0.15, 0.2) is 0 Å². The van der Waals surface area contributed by atoms with Crippen LogP contribution in [-0.4, -0.2) is 36.5 Å². The number of nitrogens with one attached hydrogen (secondary N) is 1. The van der Waals surface area contributed by atoms with E-state index in [2.05, 4.69) is 19.2 Å². The van der Waals surface area contributed by atoms with Crippen LogP contribution >= 0.6 is 0 Å². The molecule has 2 fully saturated rings. The minimum atomic E-state index is 0.347. The number of nitrogens with zero attached hydrogens (tertiary/aromatic N) is 1. The Morgan fingerprint density at radius 3 is 2.61 bits per heavy atom. The van der Waals surface area contributed by atoms with Gasteiger partial charge in [-0.3, -0.25) is 4.79 Å². The number of piperidine rings is 1. The van der Waals surface area contributed by atoms with Gasteiger partial charge in [0.25, 0.3) is 0 Å². The van der Waals surface area contributed by atoms with Crippen molar-refractivity contribution in [1.29, 1.82) is 0 Å². The first-order valence-corrected chi connectivity index (χ1v) is 7.58. The third-order valence-electron chi connectivity index (χ3n) is 4.45. The lowest BCUT2D eigenvalue weighted by molar-refractivity contribution is -0.132. The molecule has 1 saturated carbocycles. The molecule has 3 heteroatoms. The van der Waals surface area contributed by atoms with Crippen LogP contribution in [0.3, 0.4) is 0 Å². The van der Waals surface area contributed by atoms with Crippen molar-refractivity contribution in [2.75, 3.05) is 19.6 Å². The Kier molecular flexibility index (Phi) is 4.66. The molecule has 1 amide bonds. The van der Waals surface area contributed by atoms with Gasteiger partial charge < -0.3 is 10.2 Å². The summed E-state index contributed by atoms with van der Waals surface area (Å²) in [6, 6.07) is 0.633. The van der Waals surface area contributed by atoms with Crippen LogP contribution in [0.25, 0.3) is 0 Å². The molecule has 104 valence electrons. The first kappa shape index (κ1) is 13.9. The third kappa shape index (κ3) is 3.98. The molecule has 0 aromatic carbocycles. The minimum absolute atomic E-state index is 0.347. The fourth-order valence-electron chi connectivity index (χ4n) is 3.30. The molecule has 1 N–H and O–H groups in total. The Balaban J connectivity index is 1.62. The normalized spacial score (nSPS) is 27.4. The van der Waals surface area contributed by atoms with Crippen molar-refractivity contribution in [1.82, 2.24) is 10.2 Å². The molecular formula is C15H28N2O. The van der Waals surface area contributed by atoms with Gasteiger partial charge in [0.05, 0.1) is 0 Å². The smallest absolute Gasteiger partial charge is 0.223 e. The van der Waals surface area contributed by atoms with E-state index in [9.17, 15) is 4.79 Å². The number of carbonyl (C=O) groups is 1. The van der Waals surface area contributed by atoms with E-state index in [1.165, 1.54) is 38.5 Å². The van der Waals surface area contributed by atoms with E-state index in [4.69, 9.17) is 0 Å². The monoisotopic (exact) mass is 252 g/mol. The second kappa shape index (κ2) is 6.05. The van der Waals surface area contributed by atoms with Gasteiger partial charge in [-0.25, -0.2) is 0 Å². The van der Waals surface area contributed by atoms with Gasteiger partial charge in [-0.05, 0) is 43.9 Å². The van der Waals surface area contributed by atoms with Gasteiger partial charge in [0.15, 0.2) is 0 Å². The molecule has 18 heavy (non-hydrogen) atoms. The quantitative estimate of drug-likeness (QED) is 0.834. The van der Waals surface area contributed by atoms with Crippen molar-refractivity contribution in [3.05, 3.63) is 0 Å². The van der Waals surface area contributed by atoms with E-state index >= 15 is 0 Å². The van der Waals surface area contributed by atoms with E-state index in [1.54, 1.807) is 0 Å². The lowest BCUT2D eigenvalue weighted by atomic mass is 9.92. The van der Waals surface area contributed by atoms with Gasteiger partial charge in [-0.2, -0.15) is 0 Å². The third-order valence-corrected chi connectivity index (χ3v) is 4.45. The highest BCUT2D eigenvalue weighted by Crippen LogP contribution is 2.36. The molecule has 3 nitrogen and oxygen atoms in total. The Bertz CT molecular complexity index is 282. The zero-order valence-corrected chi connectivity index (χ0v) is 12.0. The molecule has 0 aromatic heterocycles. The van der Waals surface area contributed by atoms with E-state index in [-0.39, 0.29) is 0 Å². The molecule has 0 radical (unpaired) electrons. The van der Waals surface area contributed by atoms with E-state index < -0.39 is 0 Å². The highest BCUT2D eigenvalue weighted by molar-refractivity contribution is 5.76. The summed E-state index contributed by atoms with van der Waals surface area (Å²) in [4.78, 5) is 14.0. The lowest BCUT2D eigenvalue weighted by Crippen LogP contribution is -2.38. The molecule has 1 aliphatic carbocycles. The van der Waals surface area contributed by atoms with Crippen LogP contribution in [0.1, 0.15) is 58.8 Å². The molecule has 2 aliphatic rings. The number of rotatable bonds is 4. The summed E-state index contributed by atoms with van der Waals surface area (Å²) in [6.07, 6.45) is 8.18. The number of likely N-dealkylation sites (tertiary alicyclic amines) is 1. The Morgan fingerprint density at radius 2 is 2.00 bits per heavy atom. The van der Waals surface area contributed by atoms with Crippen molar-refractivity contribution in [2.45, 2.75) is 64.8 Å². The maximum absolute atomic E-state index is 12.0. The summed E-state index contributed by atoms with van der Waals surface area (Å²) >= 11 is 0. The van der Waals surface area contributed by atoms with E-state index in [1.807, 2.05) is 4.90 Å². The van der Waals surface area contributed by atoms with E-state index in [0.29, 0.717) is 23.8 Å². The first-order valence-electron chi connectivity index (χ1n) is 7.58. The van der Waals surface area contributed by atoms with Gasteiger partial charge in [-0.15, -0.1) is 0 Å². The molecule has 0 bridgehead atoms. The second-order valence-electron chi connectivity index (χ2n) is 6.75. The van der Waals surface area contributed by atoms with Crippen LogP contribution in [0.4, 0.5) is 0 Å². The summed E-state index contributed by atoms with van der Waals surface area (Å²) < 4.78 is 0. The molecule has 1 atom stereocenters. The van der Waals surface area contributed by atoms with Crippen molar-refractivity contribution < 1.29 is 4.79 Å². The highest BCUT2D eigenvalue weighted by atomic mass is 16.2. The van der Waals surface area contributed by atoms with Crippen LogP contribution in [0.5, 0.6) is 0 Å². The fraction of sp³-hybridized carbons (Fsp3) is 0.933. The van der Waals surface area contributed by atoms with Gasteiger partial charge in [0.2, 0.25) is 5.91 Å². The molecule has 0 aromatic rings. The van der Waals surface area contributed by atoms with Crippen molar-refractivity contribution in [2.24, 2.45) is 5.41 Å². The molecule has 2 rings (SSSR count). The van der Waals surface area contributed by atoms with Crippen molar-refractivity contribution in [3.63, 3.8) is 0 Å². The topological polar surface area (TPSA) is 32.3 Å². The van der Waals surface area contributed by atoms with Gasteiger partial charge in [0.1, 0.15) is 0 Å². The Hall–Kier alpha value is -0.570. The molecule has 1 heterocycles. The van der Waals surface area contributed by atoms with Crippen LogP contribution in [-0.2, 0) is 4.79 Å². The number of hydrogen-bond donors (Lipinski definition) is 1. The fourth-order valence-corrected chi connectivity index (χ4v) is 3.30. The molecule has 0 spiro atoms. The summed E-state index contributed by atoms with van der Waals surface area (Å²) in [6.45, 7) is 7.50. The SMILES string of the molecule is CC1(C)CCC(NCCC(=O)N2CCCCC2)C1. The summed E-state index contributed by atoms with van der Waals surface area (Å²) in [7, 11) is 0. The maximum atomic E-state index is 12.0. The predicted octanol–water partition coefficient (Wildman–Crippen LogP) is 2.56. The van der Waals surface area contributed by atoms with Crippen LogP contribution in [0.2, 0.25) is 0 Å². The lowest BCUT2D eigenvalue weighted by Gasteiger charge is -2.27. The van der Waals surface area contributed by atoms with Gasteiger partial charge in [-0.1, -0.05) is 13.8 Å². The molecule has 1 aliphatic heterocycles. The Labute approximate surface area is 111 Å². The van der Waals surface area contributed by atoms with Gasteiger partial charge >= 0.3 is 0 Å². The van der Waals surface area contributed by atoms with Crippen LogP contribution in [0, 0.1) is 5.41 Å². The average Bonchev–Trinajstić information content (AvgIpc) is 2.70. The summed E-state index contributed by atoms with van der Waals surface area (Å²) in [5.41, 5.74) is 0.495. The molecular weight excluding hydrogens is 224 g/mol. The minimum Gasteiger partial charge on any atom is -0.343 e. The molecule has 1 unspecified atom stereocenters. The van der Waals surface area contributed by atoms with E-state index in [0.717, 1.165) is 19.6 Å². The zero-order chi connectivity index (χ0) is 13.0. The second-order valence-corrected chi connectivity index (χ2v) is 6.75. The number of carbonyl (C=O) groups excluding carboxylic acids is 1. The maximum Gasteiger partial charge on any atom is 0.223 e. The standard InChI is InChI=1S/C15H28N2O/c1-15(2)8-6-13(12-15)16-9-7-14(18)17-10-4-3-5-11-17/h13,16H,3-12H2,1-2H3.